The molecule has 0 aliphatic carbocycles. The second-order valence-corrected chi connectivity index (χ2v) is 8.39. The van der Waals surface area contributed by atoms with Crippen LogP contribution in [-0.2, 0) is 21.2 Å². The van der Waals surface area contributed by atoms with Crippen LogP contribution in [0.1, 0.15) is 12.0 Å². The molecule has 1 amide bonds. The van der Waals surface area contributed by atoms with Gasteiger partial charge in [-0.2, -0.15) is 0 Å². The summed E-state index contributed by atoms with van der Waals surface area (Å²) in [5.74, 6) is 0.852. The molecule has 0 atom stereocenters. The van der Waals surface area contributed by atoms with Gasteiger partial charge in [0.1, 0.15) is 5.82 Å². The Hall–Kier alpha value is -2.61. The molecular formula is C19H24N4O3S. The van der Waals surface area contributed by atoms with E-state index in [4.69, 9.17) is 0 Å². The van der Waals surface area contributed by atoms with E-state index < -0.39 is 10.0 Å². The topological polar surface area (TPSA) is 82.6 Å². The summed E-state index contributed by atoms with van der Waals surface area (Å²) in [6, 6.07) is 13.4. The smallest absolute Gasteiger partial charge is 0.232 e. The van der Waals surface area contributed by atoms with Crippen LogP contribution in [-0.4, -0.2) is 56.6 Å². The average Bonchev–Trinajstić information content (AvgIpc) is 2.69. The number of aryl methyl sites for hydroxylation is 1. The van der Waals surface area contributed by atoms with Crippen LogP contribution in [0.4, 0.5) is 11.5 Å². The number of carbonyl (C=O) groups is 1. The molecule has 7 nitrogen and oxygen atoms in total. The fourth-order valence-corrected chi connectivity index (χ4v) is 4.14. The molecule has 1 fully saturated rings. The van der Waals surface area contributed by atoms with E-state index in [0.717, 1.165) is 37.3 Å². The predicted molar refractivity (Wildman–Crippen MR) is 106 cm³/mol. The highest BCUT2D eigenvalue weighted by Gasteiger charge is 2.17. The predicted octanol–water partition coefficient (Wildman–Crippen LogP) is 1.73. The van der Waals surface area contributed by atoms with Crippen molar-refractivity contribution in [3.05, 3.63) is 54.2 Å². The van der Waals surface area contributed by atoms with Gasteiger partial charge in [0, 0.05) is 26.2 Å². The summed E-state index contributed by atoms with van der Waals surface area (Å²) in [6.07, 6.45) is 3.69. The van der Waals surface area contributed by atoms with Crippen LogP contribution in [0.5, 0.6) is 0 Å². The second-order valence-electron chi connectivity index (χ2n) is 6.54. The molecule has 2 heterocycles. The number of nitrogens with zero attached hydrogens (tertiary/aromatic N) is 3. The lowest BCUT2D eigenvalue weighted by Gasteiger charge is -2.33. The molecule has 1 aromatic heterocycles. The highest BCUT2D eigenvalue weighted by Crippen LogP contribution is 2.17. The van der Waals surface area contributed by atoms with Gasteiger partial charge in [-0.25, -0.2) is 13.4 Å². The van der Waals surface area contributed by atoms with E-state index in [1.807, 2.05) is 30.3 Å². The van der Waals surface area contributed by atoms with Gasteiger partial charge in [0.05, 0.1) is 17.6 Å². The molecule has 2 aromatic rings. The lowest BCUT2D eigenvalue weighted by atomic mass is 10.1. The number of rotatable bonds is 8. The third-order valence-corrected chi connectivity index (χ3v) is 5.90. The molecule has 27 heavy (non-hydrogen) atoms. The molecule has 0 spiro atoms. The third kappa shape index (κ3) is 5.68. The standard InChI is InChI=1S/C19H24N4O3S/c24-16-22-10-12-23(13-11-22)19-9-8-18(15-20-19)21-27(25,26)14-4-7-17-5-2-1-3-6-17/h1-3,5-6,8-9,15-16,21H,4,7,10-14H2. The van der Waals surface area contributed by atoms with Gasteiger partial charge in [0.15, 0.2) is 0 Å². The second kappa shape index (κ2) is 8.85. The molecule has 1 aliphatic heterocycles. The molecule has 8 heteroatoms. The van der Waals surface area contributed by atoms with Gasteiger partial charge in [-0.1, -0.05) is 30.3 Å². The molecule has 1 N–H and O–H groups in total. The van der Waals surface area contributed by atoms with Crippen LogP contribution in [0.3, 0.4) is 0 Å². The Morgan fingerprint density at radius 1 is 1.04 bits per heavy atom. The summed E-state index contributed by atoms with van der Waals surface area (Å²) >= 11 is 0. The number of sulfonamides is 1. The zero-order valence-electron chi connectivity index (χ0n) is 15.1. The normalized spacial score (nSPS) is 14.8. The van der Waals surface area contributed by atoms with Crippen molar-refractivity contribution in [3.8, 4) is 0 Å². The number of benzene rings is 1. The lowest BCUT2D eigenvalue weighted by Crippen LogP contribution is -2.46. The van der Waals surface area contributed by atoms with Gasteiger partial charge >= 0.3 is 0 Å². The first-order valence-electron chi connectivity index (χ1n) is 9.00. The molecule has 3 rings (SSSR count). The number of pyridine rings is 1. The van der Waals surface area contributed by atoms with Crippen molar-refractivity contribution in [1.82, 2.24) is 9.88 Å². The average molecular weight is 388 g/mol. The van der Waals surface area contributed by atoms with E-state index in [1.165, 1.54) is 6.20 Å². The van der Waals surface area contributed by atoms with Crippen molar-refractivity contribution in [2.24, 2.45) is 0 Å². The Labute approximate surface area is 160 Å². The first-order chi connectivity index (χ1) is 13.1. The van der Waals surface area contributed by atoms with E-state index in [2.05, 4.69) is 14.6 Å². The minimum atomic E-state index is -3.40. The number of aromatic nitrogens is 1. The molecule has 0 saturated carbocycles. The molecule has 144 valence electrons. The fourth-order valence-electron chi connectivity index (χ4n) is 3.03. The van der Waals surface area contributed by atoms with Crippen LogP contribution in [0.2, 0.25) is 0 Å². The Bertz CT molecular complexity index is 833. The van der Waals surface area contributed by atoms with Crippen molar-refractivity contribution >= 4 is 27.9 Å². The molecule has 0 bridgehead atoms. The largest absolute Gasteiger partial charge is 0.353 e. The molecule has 1 aliphatic rings. The zero-order valence-corrected chi connectivity index (χ0v) is 15.9. The SMILES string of the molecule is O=CN1CCN(c2ccc(NS(=O)(=O)CCCc3ccccc3)cn2)CC1. The molecule has 0 radical (unpaired) electrons. The Morgan fingerprint density at radius 3 is 2.41 bits per heavy atom. The maximum absolute atomic E-state index is 12.3. The first-order valence-corrected chi connectivity index (χ1v) is 10.7. The van der Waals surface area contributed by atoms with Crippen LogP contribution in [0, 0.1) is 0 Å². The molecular weight excluding hydrogens is 364 g/mol. The monoisotopic (exact) mass is 388 g/mol. The quantitative estimate of drug-likeness (QED) is 0.697. The molecule has 1 saturated heterocycles. The number of anilines is 2. The number of hydrogen-bond acceptors (Lipinski definition) is 5. The lowest BCUT2D eigenvalue weighted by molar-refractivity contribution is -0.118. The molecule has 0 unspecified atom stereocenters. The summed E-state index contributed by atoms with van der Waals surface area (Å²) < 4.78 is 27.1. The minimum Gasteiger partial charge on any atom is -0.353 e. The highest BCUT2D eigenvalue weighted by atomic mass is 32.2. The number of piperazine rings is 1. The zero-order chi connectivity index (χ0) is 19.1. The Morgan fingerprint density at radius 2 is 1.78 bits per heavy atom. The van der Waals surface area contributed by atoms with Gasteiger partial charge in [0.2, 0.25) is 16.4 Å². The summed E-state index contributed by atoms with van der Waals surface area (Å²) in [4.78, 5) is 18.9. The Balaban J connectivity index is 1.50. The van der Waals surface area contributed by atoms with Crippen LogP contribution < -0.4 is 9.62 Å². The van der Waals surface area contributed by atoms with E-state index in [1.54, 1.807) is 17.0 Å². The van der Waals surface area contributed by atoms with Gasteiger partial charge in [-0.15, -0.1) is 0 Å². The van der Waals surface area contributed by atoms with Crippen molar-refractivity contribution in [2.75, 3.05) is 41.6 Å². The van der Waals surface area contributed by atoms with Crippen molar-refractivity contribution < 1.29 is 13.2 Å². The third-order valence-electron chi connectivity index (χ3n) is 4.53. The maximum Gasteiger partial charge on any atom is 0.232 e. The summed E-state index contributed by atoms with van der Waals surface area (Å²) in [5, 5.41) is 0. The van der Waals surface area contributed by atoms with Crippen LogP contribution >= 0.6 is 0 Å². The number of amides is 1. The van der Waals surface area contributed by atoms with Gasteiger partial charge in [0.25, 0.3) is 0 Å². The van der Waals surface area contributed by atoms with E-state index in [0.29, 0.717) is 25.2 Å². The van der Waals surface area contributed by atoms with E-state index >= 15 is 0 Å². The van der Waals surface area contributed by atoms with Gasteiger partial charge in [-0.3, -0.25) is 9.52 Å². The van der Waals surface area contributed by atoms with Crippen LogP contribution in [0.25, 0.3) is 0 Å². The van der Waals surface area contributed by atoms with Crippen molar-refractivity contribution in [2.45, 2.75) is 12.8 Å². The summed E-state index contributed by atoms with van der Waals surface area (Å²) in [7, 11) is -3.40. The fraction of sp³-hybridized carbons (Fsp3) is 0.368. The maximum atomic E-state index is 12.3. The summed E-state index contributed by atoms with van der Waals surface area (Å²) in [5.41, 5.74) is 1.60. The van der Waals surface area contributed by atoms with Crippen molar-refractivity contribution in [3.63, 3.8) is 0 Å². The van der Waals surface area contributed by atoms with Crippen molar-refractivity contribution in [1.29, 1.82) is 0 Å². The van der Waals surface area contributed by atoms with E-state index in [-0.39, 0.29) is 5.75 Å². The molecule has 1 aromatic carbocycles. The summed E-state index contributed by atoms with van der Waals surface area (Å²) in [6.45, 7) is 2.77. The first kappa shape index (κ1) is 19.2. The highest BCUT2D eigenvalue weighted by molar-refractivity contribution is 7.92. The van der Waals surface area contributed by atoms with Gasteiger partial charge < -0.3 is 9.80 Å². The Kier molecular flexibility index (Phi) is 6.28. The van der Waals surface area contributed by atoms with Crippen LogP contribution in [0.15, 0.2) is 48.7 Å². The number of hydrogen-bond donors (Lipinski definition) is 1. The van der Waals surface area contributed by atoms with Gasteiger partial charge in [-0.05, 0) is 30.5 Å². The minimum absolute atomic E-state index is 0.0668. The van der Waals surface area contributed by atoms with E-state index in [9.17, 15) is 13.2 Å². The number of carbonyl (C=O) groups excluding carboxylic acids is 1. The number of nitrogens with one attached hydrogen (secondary N) is 1.